The van der Waals surface area contributed by atoms with Crippen LogP contribution in [-0.2, 0) is 0 Å². The van der Waals surface area contributed by atoms with E-state index < -0.39 is 0 Å². The maximum atomic E-state index is 12.2. The van der Waals surface area contributed by atoms with Gasteiger partial charge in [0.05, 0.1) is 0 Å². The molecule has 5 nitrogen and oxygen atoms in total. The van der Waals surface area contributed by atoms with E-state index in [9.17, 15) is 4.79 Å². The van der Waals surface area contributed by atoms with Gasteiger partial charge in [0.15, 0.2) is 0 Å². The lowest BCUT2D eigenvalue weighted by molar-refractivity contribution is 0.0750. The molecule has 0 saturated carbocycles. The van der Waals surface area contributed by atoms with Crippen molar-refractivity contribution in [3.8, 4) is 0 Å². The summed E-state index contributed by atoms with van der Waals surface area (Å²) < 4.78 is 0. The summed E-state index contributed by atoms with van der Waals surface area (Å²) in [5, 5.41) is 5.45. The second-order valence-corrected chi connectivity index (χ2v) is 5.37. The monoisotopic (exact) mass is 296 g/mol. The summed E-state index contributed by atoms with van der Waals surface area (Å²) in [6.07, 6.45) is 4.48. The van der Waals surface area contributed by atoms with Crippen molar-refractivity contribution in [2.75, 3.05) is 25.0 Å². The lowest BCUT2D eigenvalue weighted by Crippen LogP contribution is -2.45. The second-order valence-electron chi connectivity index (χ2n) is 4.98. The first-order chi connectivity index (χ1) is 9.69. The van der Waals surface area contributed by atoms with Crippen LogP contribution in [-0.4, -0.2) is 35.5 Å². The highest BCUT2D eigenvalue weighted by Gasteiger charge is 2.15. The van der Waals surface area contributed by atoms with Crippen molar-refractivity contribution in [1.29, 1.82) is 0 Å². The van der Waals surface area contributed by atoms with Crippen LogP contribution in [0.1, 0.15) is 43.0 Å². The molecule has 6 heteroatoms. The van der Waals surface area contributed by atoms with Crippen LogP contribution in [0.4, 0.5) is 5.82 Å². The normalized spacial score (nSPS) is 15.9. The minimum atomic E-state index is -0.129. The fraction of sp³-hybridized carbons (Fsp3) is 0.571. The van der Waals surface area contributed by atoms with Gasteiger partial charge in [0.1, 0.15) is 11.0 Å². The summed E-state index contributed by atoms with van der Waals surface area (Å²) in [5.74, 6) is 0.513. The Morgan fingerprint density at radius 1 is 1.35 bits per heavy atom. The van der Waals surface area contributed by atoms with E-state index in [1.54, 1.807) is 12.1 Å². The number of aromatic nitrogens is 1. The third kappa shape index (κ3) is 4.35. The maximum Gasteiger partial charge on any atom is 0.265 e. The van der Waals surface area contributed by atoms with Gasteiger partial charge >= 0.3 is 0 Å². The van der Waals surface area contributed by atoms with Crippen molar-refractivity contribution in [1.82, 2.24) is 15.4 Å². The summed E-state index contributed by atoms with van der Waals surface area (Å²) in [5.41, 5.74) is 3.46. The SMILES string of the molecule is CCCNc1cc(C(=O)NN2CCCCC2)cc(Cl)n1. The molecule has 1 aromatic rings. The molecule has 1 aliphatic rings. The number of amides is 1. The van der Waals surface area contributed by atoms with E-state index in [1.165, 1.54) is 6.42 Å². The lowest BCUT2D eigenvalue weighted by Gasteiger charge is -2.26. The van der Waals surface area contributed by atoms with Crippen molar-refractivity contribution >= 4 is 23.3 Å². The number of hydrazine groups is 1. The zero-order valence-electron chi connectivity index (χ0n) is 11.8. The minimum Gasteiger partial charge on any atom is -0.370 e. The van der Waals surface area contributed by atoms with E-state index in [0.717, 1.165) is 38.9 Å². The number of hydrogen-bond acceptors (Lipinski definition) is 4. The number of pyridine rings is 1. The number of carbonyl (C=O) groups excluding carboxylic acids is 1. The van der Waals surface area contributed by atoms with Crippen LogP contribution in [0.2, 0.25) is 5.15 Å². The Morgan fingerprint density at radius 2 is 2.10 bits per heavy atom. The van der Waals surface area contributed by atoms with Crippen molar-refractivity contribution in [2.24, 2.45) is 0 Å². The molecule has 0 radical (unpaired) electrons. The van der Waals surface area contributed by atoms with Crippen LogP contribution in [0, 0.1) is 0 Å². The number of rotatable bonds is 5. The Morgan fingerprint density at radius 3 is 2.80 bits per heavy atom. The van der Waals surface area contributed by atoms with Gasteiger partial charge in [0.25, 0.3) is 5.91 Å². The molecule has 2 rings (SSSR count). The van der Waals surface area contributed by atoms with E-state index in [1.807, 2.05) is 5.01 Å². The average Bonchev–Trinajstić information content (AvgIpc) is 2.45. The van der Waals surface area contributed by atoms with Crippen LogP contribution in [0.15, 0.2) is 12.1 Å². The van der Waals surface area contributed by atoms with Gasteiger partial charge in [-0.1, -0.05) is 24.9 Å². The van der Waals surface area contributed by atoms with Crippen molar-refractivity contribution in [2.45, 2.75) is 32.6 Å². The van der Waals surface area contributed by atoms with E-state index in [4.69, 9.17) is 11.6 Å². The molecule has 1 amide bonds. The molecular weight excluding hydrogens is 276 g/mol. The van der Waals surface area contributed by atoms with Gasteiger partial charge in [-0.15, -0.1) is 0 Å². The Balaban J connectivity index is 2.02. The van der Waals surface area contributed by atoms with Crippen LogP contribution >= 0.6 is 11.6 Å². The zero-order valence-corrected chi connectivity index (χ0v) is 12.5. The van der Waals surface area contributed by atoms with Gasteiger partial charge in [0.2, 0.25) is 0 Å². The quantitative estimate of drug-likeness (QED) is 0.820. The summed E-state index contributed by atoms with van der Waals surface area (Å²) in [7, 11) is 0. The van der Waals surface area contributed by atoms with E-state index in [-0.39, 0.29) is 5.91 Å². The van der Waals surface area contributed by atoms with Crippen LogP contribution < -0.4 is 10.7 Å². The Hall–Kier alpha value is -1.33. The van der Waals surface area contributed by atoms with Gasteiger partial charge in [-0.3, -0.25) is 10.2 Å². The Kier molecular flexibility index (Phi) is 5.61. The summed E-state index contributed by atoms with van der Waals surface area (Å²) in [6.45, 7) is 4.69. The first kappa shape index (κ1) is 15.1. The smallest absolute Gasteiger partial charge is 0.265 e. The number of anilines is 1. The highest BCUT2D eigenvalue weighted by atomic mass is 35.5. The fourth-order valence-corrected chi connectivity index (χ4v) is 2.39. The fourth-order valence-electron chi connectivity index (χ4n) is 2.19. The average molecular weight is 297 g/mol. The van der Waals surface area contributed by atoms with Crippen LogP contribution in [0.3, 0.4) is 0 Å². The molecule has 110 valence electrons. The highest BCUT2D eigenvalue weighted by Crippen LogP contribution is 2.15. The first-order valence-corrected chi connectivity index (χ1v) is 7.54. The highest BCUT2D eigenvalue weighted by molar-refractivity contribution is 6.29. The molecule has 0 spiro atoms. The number of nitrogens with zero attached hydrogens (tertiary/aromatic N) is 2. The van der Waals surface area contributed by atoms with Crippen LogP contribution in [0.25, 0.3) is 0 Å². The van der Waals surface area contributed by atoms with Gasteiger partial charge in [-0.05, 0) is 31.4 Å². The van der Waals surface area contributed by atoms with Crippen molar-refractivity contribution < 1.29 is 4.79 Å². The lowest BCUT2D eigenvalue weighted by atomic mass is 10.2. The molecule has 1 aliphatic heterocycles. The molecule has 2 N–H and O–H groups in total. The number of hydrogen-bond donors (Lipinski definition) is 2. The number of piperidine rings is 1. The van der Waals surface area contributed by atoms with Gasteiger partial charge in [-0.2, -0.15) is 0 Å². The van der Waals surface area contributed by atoms with Gasteiger partial charge in [0, 0.05) is 25.2 Å². The van der Waals surface area contributed by atoms with Crippen molar-refractivity contribution in [3.63, 3.8) is 0 Å². The Labute approximate surface area is 124 Å². The molecule has 2 heterocycles. The molecule has 0 aromatic carbocycles. The predicted molar refractivity (Wildman–Crippen MR) is 80.9 cm³/mol. The second kappa shape index (κ2) is 7.45. The zero-order chi connectivity index (χ0) is 14.4. The van der Waals surface area contributed by atoms with E-state index in [0.29, 0.717) is 16.5 Å². The molecule has 1 aromatic heterocycles. The maximum absolute atomic E-state index is 12.2. The molecule has 20 heavy (non-hydrogen) atoms. The standard InChI is InChI=1S/C14H21ClN4O/c1-2-6-16-13-10-11(9-12(15)17-13)14(20)18-19-7-4-3-5-8-19/h9-10H,2-8H2,1H3,(H,16,17)(H,18,20). The summed E-state index contributed by atoms with van der Waals surface area (Å²) in [6, 6.07) is 3.33. The van der Waals surface area contributed by atoms with E-state index >= 15 is 0 Å². The molecule has 0 aliphatic carbocycles. The number of nitrogens with one attached hydrogen (secondary N) is 2. The topological polar surface area (TPSA) is 57.3 Å². The van der Waals surface area contributed by atoms with Gasteiger partial charge < -0.3 is 5.32 Å². The molecular formula is C14H21ClN4O. The molecule has 1 fully saturated rings. The molecule has 0 bridgehead atoms. The van der Waals surface area contributed by atoms with Gasteiger partial charge in [-0.25, -0.2) is 9.99 Å². The molecule has 1 saturated heterocycles. The summed E-state index contributed by atoms with van der Waals surface area (Å²) >= 11 is 5.97. The van der Waals surface area contributed by atoms with Crippen molar-refractivity contribution in [3.05, 3.63) is 22.8 Å². The molecule has 0 unspecified atom stereocenters. The largest absolute Gasteiger partial charge is 0.370 e. The van der Waals surface area contributed by atoms with E-state index in [2.05, 4.69) is 22.7 Å². The predicted octanol–water partition coefficient (Wildman–Crippen LogP) is 2.69. The number of halogens is 1. The Bertz CT molecular complexity index is 460. The third-order valence-corrected chi connectivity index (χ3v) is 3.42. The van der Waals surface area contributed by atoms with Crippen LogP contribution in [0.5, 0.6) is 0 Å². The number of carbonyl (C=O) groups is 1. The minimum absolute atomic E-state index is 0.129. The first-order valence-electron chi connectivity index (χ1n) is 7.16. The molecule has 0 atom stereocenters. The third-order valence-electron chi connectivity index (χ3n) is 3.23. The summed E-state index contributed by atoms with van der Waals surface area (Å²) in [4.78, 5) is 16.4.